The molecular formula is C51H68F3N7O8. The summed E-state index contributed by atoms with van der Waals surface area (Å²) >= 11 is 0. The van der Waals surface area contributed by atoms with Gasteiger partial charge in [-0.1, -0.05) is 18.2 Å². The topological polar surface area (TPSA) is 164 Å². The minimum atomic E-state index is -4.51. The molecule has 1 aromatic heterocycles. The number of pyridine rings is 1. The number of likely N-dealkylation sites (N-methyl/N-ethyl adjacent to an activating group) is 1. The van der Waals surface area contributed by atoms with Gasteiger partial charge in [-0.3, -0.25) is 29.1 Å². The van der Waals surface area contributed by atoms with Crippen molar-refractivity contribution in [1.29, 1.82) is 0 Å². The fourth-order valence-corrected chi connectivity index (χ4v) is 7.04. The van der Waals surface area contributed by atoms with Crippen LogP contribution in [0.2, 0.25) is 0 Å². The third-order valence-corrected chi connectivity index (χ3v) is 10.8. The molecule has 18 heteroatoms. The number of halogens is 3. The molecule has 0 saturated carbocycles. The Balaban J connectivity index is 1.34. The lowest BCUT2D eigenvalue weighted by Crippen LogP contribution is -2.40. The zero-order chi connectivity index (χ0) is 50.4. The summed E-state index contributed by atoms with van der Waals surface area (Å²) in [4.78, 5) is 63.2. The number of carbonyl (C=O) groups excluding carboxylic acids is 4. The average molecular weight is 964 g/mol. The van der Waals surface area contributed by atoms with Crippen molar-refractivity contribution in [2.45, 2.75) is 59.3 Å². The maximum absolute atomic E-state index is 13.9. The van der Waals surface area contributed by atoms with E-state index in [0.29, 0.717) is 120 Å². The number of carbonyl (C=O) groups is 4. The second-order valence-electron chi connectivity index (χ2n) is 17.2. The van der Waals surface area contributed by atoms with Gasteiger partial charge in [-0.15, -0.1) is 0 Å². The van der Waals surface area contributed by atoms with Crippen molar-refractivity contribution in [1.82, 2.24) is 25.4 Å². The van der Waals surface area contributed by atoms with Gasteiger partial charge < -0.3 is 44.7 Å². The first kappa shape index (κ1) is 55.7. The van der Waals surface area contributed by atoms with Crippen LogP contribution in [0.3, 0.4) is 0 Å². The first-order chi connectivity index (χ1) is 32.9. The standard InChI is InChI=1S/C51H68F3N7O8/c1-8-61(9-2)42-16-17-44(43(35-42)45-34-39(18-20-55-45)47(63)56-36-37-12-10-15-41(32-37)51(52,53)54)57-48(64)38-13-11-14-40(33-38)49(65)59(6)21-22-60(23-26-66-7)24-27-68-29-31-69-30-28-67-25-19-46(62)58-50(3,4)5/h10-18,20,32-35H,8-9,19,21-31,36H2,1-7H3,(H,56,63)(H,57,64)(H,58,62). The van der Waals surface area contributed by atoms with Crippen molar-refractivity contribution < 1.29 is 51.3 Å². The van der Waals surface area contributed by atoms with Crippen LogP contribution in [0, 0.1) is 0 Å². The summed E-state index contributed by atoms with van der Waals surface area (Å²) in [5, 5.41) is 8.56. The first-order valence-electron chi connectivity index (χ1n) is 23.1. The molecule has 0 aliphatic heterocycles. The third kappa shape index (κ3) is 19.2. The zero-order valence-electron chi connectivity index (χ0n) is 40.9. The van der Waals surface area contributed by atoms with Gasteiger partial charge in [-0.25, -0.2) is 0 Å². The number of amides is 4. The summed E-state index contributed by atoms with van der Waals surface area (Å²) < 4.78 is 62.0. The molecular weight excluding hydrogens is 896 g/mol. The van der Waals surface area contributed by atoms with Crippen LogP contribution in [-0.2, 0) is 36.5 Å². The van der Waals surface area contributed by atoms with Gasteiger partial charge in [-0.05, 0) is 101 Å². The molecule has 1 heterocycles. The third-order valence-electron chi connectivity index (χ3n) is 10.8. The number of alkyl halides is 3. The predicted octanol–water partition coefficient (Wildman–Crippen LogP) is 7.17. The molecule has 4 rings (SSSR count). The maximum Gasteiger partial charge on any atom is 0.416 e. The molecule has 0 unspecified atom stereocenters. The minimum absolute atomic E-state index is 0.0544. The summed E-state index contributed by atoms with van der Waals surface area (Å²) in [6, 6.07) is 19.8. The second kappa shape index (κ2) is 27.9. The van der Waals surface area contributed by atoms with E-state index in [2.05, 4.69) is 30.7 Å². The Labute approximate surface area is 404 Å². The molecule has 376 valence electrons. The Hall–Kier alpha value is -5.92. The Morgan fingerprint density at radius 3 is 2.03 bits per heavy atom. The van der Waals surface area contributed by atoms with Crippen molar-refractivity contribution in [3.63, 3.8) is 0 Å². The summed E-state index contributed by atoms with van der Waals surface area (Å²) in [6.45, 7) is 16.1. The Kier molecular flexibility index (Phi) is 22.5. The van der Waals surface area contributed by atoms with Crippen LogP contribution < -0.4 is 20.9 Å². The number of methoxy groups -OCH3 is 1. The quantitative estimate of drug-likeness (QED) is 0.0495. The van der Waals surface area contributed by atoms with E-state index < -0.39 is 23.6 Å². The molecule has 0 aliphatic carbocycles. The van der Waals surface area contributed by atoms with Crippen LogP contribution in [0.25, 0.3) is 11.3 Å². The highest BCUT2D eigenvalue weighted by atomic mass is 19.4. The van der Waals surface area contributed by atoms with Gasteiger partial charge in [-0.2, -0.15) is 13.2 Å². The number of ether oxygens (including phenoxy) is 4. The number of anilines is 2. The van der Waals surface area contributed by atoms with Gasteiger partial charge in [0.15, 0.2) is 0 Å². The summed E-state index contributed by atoms with van der Waals surface area (Å²) in [7, 11) is 3.34. The fraction of sp³-hybridized carbons (Fsp3) is 0.471. The van der Waals surface area contributed by atoms with Gasteiger partial charge in [0, 0.05) is 106 Å². The Bertz CT molecular complexity index is 2270. The zero-order valence-corrected chi connectivity index (χ0v) is 40.9. The fourth-order valence-electron chi connectivity index (χ4n) is 7.04. The normalized spacial score (nSPS) is 11.6. The molecule has 0 bridgehead atoms. The predicted molar refractivity (Wildman–Crippen MR) is 260 cm³/mol. The molecule has 15 nitrogen and oxygen atoms in total. The van der Waals surface area contributed by atoms with Crippen LogP contribution in [-0.4, -0.2) is 144 Å². The molecule has 0 fully saturated rings. The molecule has 4 amide bonds. The first-order valence-corrected chi connectivity index (χ1v) is 23.1. The molecule has 0 saturated heterocycles. The van der Waals surface area contributed by atoms with E-state index in [1.165, 1.54) is 24.4 Å². The van der Waals surface area contributed by atoms with E-state index >= 15 is 0 Å². The van der Waals surface area contributed by atoms with Gasteiger partial charge in [0.1, 0.15) is 0 Å². The minimum Gasteiger partial charge on any atom is -0.383 e. The largest absolute Gasteiger partial charge is 0.416 e. The van der Waals surface area contributed by atoms with Gasteiger partial charge in [0.25, 0.3) is 17.7 Å². The number of nitrogens with one attached hydrogen (secondary N) is 3. The van der Waals surface area contributed by atoms with Crippen molar-refractivity contribution in [2.75, 3.05) is 110 Å². The summed E-state index contributed by atoms with van der Waals surface area (Å²) in [6.07, 6.45) is -2.76. The van der Waals surface area contributed by atoms with E-state index in [4.69, 9.17) is 18.9 Å². The van der Waals surface area contributed by atoms with Crippen molar-refractivity contribution in [3.05, 3.63) is 113 Å². The van der Waals surface area contributed by atoms with Gasteiger partial charge in [0.05, 0.1) is 63.2 Å². The van der Waals surface area contributed by atoms with Crippen LogP contribution in [0.5, 0.6) is 0 Å². The monoisotopic (exact) mass is 964 g/mol. The number of benzene rings is 3. The lowest BCUT2D eigenvalue weighted by molar-refractivity contribution is -0.137. The molecule has 0 aliphatic rings. The highest BCUT2D eigenvalue weighted by molar-refractivity contribution is 6.08. The van der Waals surface area contributed by atoms with Crippen LogP contribution in [0.1, 0.15) is 83.2 Å². The second-order valence-corrected chi connectivity index (χ2v) is 17.2. The number of hydrogen-bond acceptors (Lipinski definition) is 11. The maximum atomic E-state index is 13.9. The van der Waals surface area contributed by atoms with E-state index in [0.717, 1.165) is 17.8 Å². The average Bonchev–Trinajstić information content (AvgIpc) is 3.32. The van der Waals surface area contributed by atoms with Crippen molar-refractivity contribution in [2.24, 2.45) is 0 Å². The Morgan fingerprint density at radius 2 is 1.35 bits per heavy atom. The van der Waals surface area contributed by atoms with E-state index in [1.807, 2.05) is 46.8 Å². The number of nitrogens with zero attached hydrogens (tertiary/aromatic N) is 4. The van der Waals surface area contributed by atoms with Crippen LogP contribution in [0.4, 0.5) is 24.5 Å². The van der Waals surface area contributed by atoms with Gasteiger partial charge in [0.2, 0.25) is 5.91 Å². The van der Waals surface area contributed by atoms with Crippen molar-refractivity contribution >= 4 is 35.0 Å². The molecule has 69 heavy (non-hydrogen) atoms. The summed E-state index contributed by atoms with van der Waals surface area (Å²) in [5.74, 6) is -1.31. The number of rotatable bonds is 28. The number of hydrogen-bond donors (Lipinski definition) is 3. The molecule has 3 aromatic carbocycles. The number of aromatic nitrogens is 1. The van der Waals surface area contributed by atoms with Crippen LogP contribution in [0.15, 0.2) is 85.1 Å². The molecule has 4 aromatic rings. The Morgan fingerprint density at radius 1 is 0.696 bits per heavy atom. The van der Waals surface area contributed by atoms with Crippen molar-refractivity contribution in [3.8, 4) is 11.3 Å². The highest BCUT2D eigenvalue weighted by Gasteiger charge is 2.30. The SMILES string of the molecule is CCN(CC)c1ccc(NC(=O)c2cccc(C(=O)N(C)CCN(CCOC)CCOCCOCCOCCC(=O)NC(C)(C)C)c2)c(-c2cc(C(=O)NCc3cccc(C(F)(F)F)c3)ccn2)c1. The van der Waals surface area contributed by atoms with E-state index in [1.54, 1.807) is 55.5 Å². The lowest BCUT2D eigenvalue weighted by Gasteiger charge is -2.25. The summed E-state index contributed by atoms with van der Waals surface area (Å²) in [5.41, 5.74) is 2.19. The highest BCUT2D eigenvalue weighted by Crippen LogP contribution is 2.33. The van der Waals surface area contributed by atoms with E-state index in [9.17, 15) is 32.3 Å². The molecule has 0 atom stereocenters. The molecule has 0 radical (unpaired) electrons. The molecule has 3 N–H and O–H groups in total. The van der Waals surface area contributed by atoms with Gasteiger partial charge >= 0.3 is 6.18 Å². The van der Waals surface area contributed by atoms with E-state index in [-0.39, 0.29) is 35.0 Å². The lowest BCUT2D eigenvalue weighted by atomic mass is 10.0. The molecule has 0 spiro atoms. The smallest absolute Gasteiger partial charge is 0.383 e. The van der Waals surface area contributed by atoms with Crippen LogP contribution >= 0.6 is 0 Å².